The van der Waals surface area contributed by atoms with Crippen molar-refractivity contribution in [2.45, 2.75) is 45.1 Å². The summed E-state index contributed by atoms with van der Waals surface area (Å²) in [5, 5.41) is 4.37. The largest absolute Gasteiger partial charge is 0.360 e. The van der Waals surface area contributed by atoms with Gasteiger partial charge in [0, 0.05) is 39.1 Å². The van der Waals surface area contributed by atoms with Gasteiger partial charge in [0.1, 0.15) is 0 Å². The third-order valence-corrected chi connectivity index (χ3v) is 4.32. The van der Waals surface area contributed by atoms with E-state index >= 15 is 0 Å². The molecule has 0 aromatic carbocycles. The van der Waals surface area contributed by atoms with E-state index in [0.29, 0.717) is 6.04 Å². The SMILES string of the molecule is CC(=O)N1CCN(C(=S)NC2CCCCC2)CC1. The fourth-order valence-corrected chi connectivity index (χ4v) is 3.09. The Balaban J connectivity index is 1.75. The highest BCUT2D eigenvalue weighted by Crippen LogP contribution is 2.17. The molecule has 4 nitrogen and oxygen atoms in total. The molecule has 1 aliphatic carbocycles. The van der Waals surface area contributed by atoms with Crippen molar-refractivity contribution < 1.29 is 4.79 Å². The van der Waals surface area contributed by atoms with E-state index in [1.807, 2.05) is 4.90 Å². The molecule has 5 heteroatoms. The maximum absolute atomic E-state index is 11.3. The Bertz CT molecular complexity index is 307. The molecule has 1 N–H and O–H groups in total. The van der Waals surface area contributed by atoms with Crippen LogP contribution < -0.4 is 5.32 Å². The first-order valence-corrected chi connectivity index (χ1v) is 7.38. The van der Waals surface area contributed by atoms with Crippen LogP contribution in [-0.4, -0.2) is 53.0 Å². The molecule has 0 atom stereocenters. The summed E-state index contributed by atoms with van der Waals surface area (Å²) in [6, 6.07) is 0.567. The lowest BCUT2D eigenvalue weighted by atomic mass is 9.96. The molecule has 0 bridgehead atoms. The minimum Gasteiger partial charge on any atom is -0.360 e. The van der Waals surface area contributed by atoms with Crippen molar-refractivity contribution in [3.63, 3.8) is 0 Å². The average molecular weight is 269 g/mol. The number of piperazine rings is 1. The smallest absolute Gasteiger partial charge is 0.219 e. The van der Waals surface area contributed by atoms with E-state index in [1.54, 1.807) is 6.92 Å². The van der Waals surface area contributed by atoms with Crippen molar-refractivity contribution in [1.29, 1.82) is 0 Å². The summed E-state index contributed by atoms with van der Waals surface area (Å²) in [7, 11) is 0. The Morgan fingerprint density at radius 3 is 2.17 bits per heavy atom. The van der Waals surface area contributed by atoms with E-state index in [-0.39, 0.29) is 5.91 Å². The minimum atomic E-state index is 0.167. The first-order chi connectivity index (χ1) is 8.66. The number of rotatable bonds is 1. The molecule has 1 aliphatic heterocycles. The normalized spacial score (nSPS) is 21.8. The van der Waals surface area contributed by atoms with Crippen LogP contribution >= 0.6 is 12.2 Å². The van der Waals surface area contributed by atoms with Gasteiger partial charge in [0.25, 0.3) is 0 Å². The zero-order valence-electron chi connectivity index (χ0n) is 11.2. The number of carbonyl (C=O) groups is 1. The second-order valence-electron chi connectivity index (χ2n) is 5.28. The molecule has 2 rings (SSSR count). The summed E-state index contributed by atoms with van der Waals surface area (Å²) >= 11 is 5.47. The first-order valence-electron chi connectivity index (χ1n) is 6.98. The van der Waals surface area contributed by atoms with Crippen LogP contribution in [0, 0.1) is 0 Å². The molecule has 0 spiro atoms. The van der Waals surface area contributed by atoms with Gasteiger partial charge in [-0.15, -0.1) is 0 Å². The van der Waals surface area contributed by atoms with E-state index < -0.39 is 0 Å². The number of amides is 1. The van der Waals surface area contributed by atoms with Crippen molar-refractivity contribution in [3.8, 4) is 0 Å². The van der Waals surface area contributed by atoms with Crippen molar-refractivity contribution in [1.82, 2.24) is 15.1 Å². The summed E-state index contributed by atoms with van der Waals surface area (Å²) in [4.78, 5) is 15.3. The molecule has 0 aromatic heterocycles. The lowest BCUT2D eigenvalue weighted by Gasteiger charge is -2.37. The predicted octanol–water partition coefficient (Wildman–Crippen LogP) is 1.36. The molecule has 1 amide bonds. The van der Waals surface area contributed by atoms with Crippen LogP contribution in [0.2, 0.25) is 0 Å². The molecule has 1 saturated heterocycles. The van der Waals surface area contributed by atoms with Gasteiger partial charge in [-0.1, -0.05) is 19.3 Å². The van der Waals surface area contributed by atoms with Crippen LogP contribution in [0.15, 0.2) is 0 Å². The monoisotopic (exact) mass is 269 g/mol. The van der Waals surface area contributed by atoms with Crippen LogP contribution in [0.25, 0.3) is 0 Å². The molecule has 2 fully saturated rings. The van der Waals surface area contributed by atoms with Gasteiger partial charge in [0.15, 0.2) is 5.11 Å². The highest BCUT2D eigenvalue weighted by molar-refractivity contribution is 7.80. The molecule has 1 heterocycles. The van der Waals surface area contributed by atoms with Crippen LogP contribution in [0.5, 0.6) is 0 Å². The van der Waals surface area contributed by atoms with Gasteiger partial charge in [-0.25, -0.2) is 0 Å². The zero-order chi connectivity index (χ0) is 13.0. The Hall–Kier alpha value is -0.840. The first kappa shape index (κ1) is 13.6. The fraction of sp³-hybridized carbons (Fsp3) is 0.846. The topological polar surface area (TPSA) is 35.6 Å². The number of thiocarbonyl (C=S) groups is 1. The summed E-state index contributed by atoms with van der Waals surface area (Å²) in [6.45, 7) is 4.94. The van der Waals surface area contributed by atoms with Crippen LogP contribution in [0.4, 0.5) is 0 Å². The standard InChI is InChI=1S/C13H23N3OS/c1-11(17)15-7-9-16(10-8-15)13(18)14-12-5-3-2-4-6-12/h12H,2-10H2,1H3,(H,14,18). The molecule has 0 radical (unpaired) electrons. The summed E-state index contributed by atoms with van der Waals surface area (Å²) < 4.78 is 0. The highest BCUT2D eigenvalue weighted by atomic mass is 32.1. The highest BCUT2D eigenvalue weighted by Gasteiger charge is 2.22. The van der Waals surface area contributed by atoms with E-state index in [1.165, 1.54) is 32.1 Å². The van der Waals surface area contributed by atoms with Gasteiger partial charge in [0.05, 0.1) is 0 Å². The van der Waals surface area contributed by atoms with E-state index in [9.17, 15) is 4.79 Å². The Morgan fingerprint density at radius 2 is 1.61 bits per heavy atom. The molecule has 2 aliphatic rings. The Labute approximate surface area is 115 Å². The third kappa shape index (κ3) is 3.57. The fourth-order valence-electron chi connectivity index (χ4n) is 2.74. The Kier molecular flexibility index (Phi) is 4.80. The number of carbonyl (C=O) groups excluding carboxylic acids is 1. The minimum absolute atomic E-state index is 0.167. The van der Waals surface area contributed by atoms with Crippen LogP contribution in [0.3, 0.4) is 0 Å². The van der Waals surface area contributed by atoms with Gasteiger partial charge < -0.3 is 15.1 Å². The Morgan fingerprint density at radius 1 is 1.06 bits per heavy atom. The van der Waals surface area contributed by atoms with E-state index in [4.69, 9.17) is 12.2 Å². The van der Waals surface area contributed by atoms with Crippen LogP contribution in [0.1, 0.15) is 39.0 Å². The third-order valence-electron chi connectivity index (χ3n) is 3.94. The van der Waals surface area contributed by atoms with E-state index in [2.05, 4.69) is 10.2 Å². The van der Waals surface area contributed by atoms with Crippen LogP contribution in [-0.2, 0) is 4.79 Å². The van der Waals surface area contributed by atoms with Crippen molar-refractivity contribution in [2.75, 3.05) is 26.2 Å². The van der Waals surface area contributed by atoms with Gasteiger partial charge in [-0.2, -0.15) is 0 Å². The predicted molar refractivity (Wildman–Crippen MR) is 76.4 cm³/mol. The van der Waals surface area contributed by atoms with Gasteiger partial charge in [-0.05, 0) is 25.1 Å². The lowest BCUT2D eigenvalue weighted by molar-refractivity contribution is -0.130. The van der Waals surface area contributed by atoms with Gasteiger partial charge >= 0.3 is 0 Å². The molecular weight excluding hydrogens is 246 g/mol. The van der Waals surface area contributed by atoms with E-state index in [0.717, 1.165) is 31.3 Å². The molecule has 18 heavy (non-hydrogen) atoms. The molecule has 0 unspecified atom stereocenters. The van der Waals surface area contributed by atoms with Crippen molar-refractivity contribution in [3.05, 3.63) is 0 Å². The molecular formula is C13H23N3OS. The molecule has 1 saturated carbocycles. The quantitative estimate of drug-likeness (QED) is 0.729. The number of hydrogen-bond donors (Lipinski definition) is 1. The second-order valence-corrected chi connectivity index (χ2v) is 5.66. The molecule has 102 valence electrons. The zero-order valence-corrected chi connectivity index (χ0v) is 12.0. The average Bonchev–Trinajstić information content (AvgIpc) is 2.40. The summed E-state index contributed by atoms with van der Waals surface area (Å²) in [5.74, 6) is 0.167. The second kappa shape index (κ2) is 6.36. The number of nitrogens with zero attached hydrogens (tertiary/aromatic N) is 2. The van der Waals surface area contributed by atoms with Gasteiger partial charge in [0.2, 0.25) is 5.91 Å². The number of nitrogens with one attached hydrogen (secondary N) is 1. The summed E-state index contributed by atoms with van der Waals surface area (Å²) in [6.07, 6.45) is 6.49. The maximum Gasteiger partial charge on any atom is 0.219 e. The molecule has 0 aromatic rings. The van der Waals surface area contributed by atoms with Crippen molar-refractivity contribution in [2.24, 2.45) is 0 Å². The maximum atomic E-state index is 11.3. The summed E-state index contributed by atoms with van der Waals surface area (Å²) in [5.41, 5.74) is 0. The van der Waals surface area contributed by atoms with Crippen molar-refractivity contribution >= 4 is 23.2 Å². The lowest BCUT2D eigenvalue weighted by Crippen LogP contribution is -2.54. The number of hydrogen-bond acceptors (Lipinski definition) is 2. The van der Waals surface area contributed by atoms with Gasteiger partial charge in [-0.3, -0.25) is 4.79 Å².